The van der Waals surface area contributed by atoms with Gasteiger partial charge in [0.2, 0.25) is 17.7 Å². The number of imide groups is 1. The number of carbonyl (C=O) groups excluding carboxylic acids is 5. The topological polar surface area (TPSA) is 134 Å². The van der Waals surface area contributed by atoms with Gasteiger partial charge in [0.25, 0.3) is 11.8 Å². The highest BCUT2D eigenvalue weighted by molar-refractivity contribution is 6.21. The summed E-state index contributed by atoms with van der Waals surface area (Å²) in [7, 11) is 0. The Hall–Kier alpha value is -4.35. The average Bonchev–Trinajstić information content (AvgIpc) is 3.32. The third-order valence-electron chi connectivity index (χ3n) is 8.33. The lowest BCUT2D eigenvalue weighted by Crippen LogP contribution is -2.53. The second-order valence-electron chi connectivity index (χ2n) is 13.2. The Morgan fingerprint density at radius 1 is 0.917 bits per heavy atom. The second-order valence-corrected chi connectivity index (χ2v) is 13.2. The number of rotatable bonds is 15. The fourth-order valence-electron chi connectivity index (χ4n) is 5.91. The van der Waals surface area contributed by atoms with E-state index in [0.717, 1.165) is 23.3 Å². The SMILES string of the molecule is CC(C)C[C@@H](C(=O)NN(CC(C)C)C(=O)CCN1C(=O)c2ccccc2C1=O)[C@H](C/C=C/c1ccccc1)C(=O)NOC1CCCCO1. The molecule has 5 amide bonds. The smallest absolute Gasteiger partial charge is 0.261 e. The number of nitrogens with zero attached hydrogens (tertiary/aromatic N) is 2. The molecule has 258 valence electrons. The summed E-state index contributed by atoms with van der Waals surface area (Å²) in [5, 5.41) is 1.25. The Labute approximate surface area is 282 Å². The molecule has 4 rings (SSSR count). The van der Waals surface area contributed by atoms with Gasteiger partial charge in [-0.3, -0.25) is 39.3 Å². The van der Waals surface area contributed by atoms with Crippen LogP contribution in [0.5, 0.6) is 0 Å². The molecule has 11 heteroatoms. The lowest BCUT2D eigenvalue weighted by molar-refractivity contribution is -0.203. The molecule has 2 aromatic rings. The molecular weight excluding hydrogens is 612 g/mol. The molecule has 0 saturated carbocycles. The summed E-state index contributed by atoms with van der Waals surface area (Å²) < 4.78 is 5.61. The van der Waals surface area contributed by atoms with Crippen molar-refractivity contribution >= 4 is 35.6 Å². The number of allylic oxidation sites excluding steroid dienone is 1. The zero-order valence-corrected chi connectivity index (χ0v) is 28.4. The van der Waals surface area contributed by atoms with Crippen LogP contribution in [0.1, 0.15) is 92.5 Å². The van der Waals surface area contributed by atoms with Gasteiger partial charge >= 0.3 is 0 Å². The minimum Gasteiger partial charge on any atom is -0.350 e. The number of hydrazine groups is 1. The molecule has 3 atom stereocenters. The third-order valence-corrected chi connectivity index (χ3v) is 8.33. The summed E-state index contributed by atoms with van der Waals surface area (Å²) in [6, 6.07) is 16.2. The van der Waals surface area contributed by atoms with Crippen LogP contribution >= 0.6 is 0 Å². The monoisotopic (exact) mass is 660 g/mol. The zero-order valence-electron chi connectivity index (χ0n) is 28.4. The van der Waals surface area contributed by atoms with E-state index in [4.69, 9.17) is 9.57 Å². The van der Waals surface area contributed by atoms with Gasteiger partial charge in [-0.15, -0.1) is 0 Å². The zero-order chi connectivity index (χ0) is 34.6. The van der Waals surface area contributed by atoms with Gasteiger partial charge in [0, 0.05) is 32.5 Å². The standard InChI is InChI=1S/C37H48N4O7/c1-25(2)23-31(28(18-12-15-27-13-6-5-7-14-27)35(44)39-48-33-19-10-11-22-47-33)34(43)38-41(24-26(3)4)32(42)20-21-40-36(45)29-16-8-9-17-30(29)37(40)46/h5-9,12-17,25-26,28,31,33H,10-11,18-24H2,1-4H3,(H,38,43)(H,39,44)/b15-12+/t28-,31+,33?/m0/s1. The number of hydrogen-bond donors (Lipinski definition) is 2. The molecule has 0 spiro atoms. The molecule has 1 fully saturated rings. The lowest BCUT2D eigenvalue weighted by Gasteiger charge is -2.31. The highest BCUT2D eigenvalue weighted by Crippen LogP contribution is 2.27. The molecule has 1 unspecified atom stereocenters. The number of hydrogen-bond acceptors (Lipinski definition) is 7. The number of nitrogens with one attached hydrogen (secondary N) is 2. The van der Waals surface area contributed by atoms with E-state index in [1.807, 2.05) is 70.2 Å². The maximum Gasteiger partial charge on any atom is 0.261 e. The quantitative estimate of drug-likeness (QED) is 0.200. The summed E-state index contributed by atoms with van der Waals surface area (Å²) in [6.07, 6.45) is 6.19. The van der Waals surface area contributed by atoms with Crippen molar-refractivity contribution in [2.75, 3.05) is 19.7 Å². The molecule has 0 aliphatic carbocycles. The Kier molecular flexibility index (Phi) is 13.5. The van der Waals surface area contributed by atoms with Gasteiger partial charge < -0.3 is 4.74 Å². The predicted octanol–water partition coefficient (Wildman–Crippen LogP) is 5.14. The maximum atomic E-state index is 14.1. The van der Waals surface area contributed by atoms with Crippen molar-refractivity contribution in [2.24, 2.45) is 23.7 Å². The molecule has 0 radical (unpaired) electrons. The molecule has 2 aliphatic heterocycles. The first-order chi connectivity index (χ1) is 23.0. The van der Waals surface area contributed by atoms with Crippen molar-refractivity contribution in [3.8, 4) is 0 Å². The lowest BCUT2D eigenvalue weighted by atomic mass is 9.82. The molecule has 48 heavy (non-hydrogen) atoms. The van der Waals surface area contributed by atoms with Gasteiger partial charge in [-0.25, -0.2) is 10.3 Å². The third kappa shape index (κ3) is 10.1. The Bertz CT molecular complexity index is 1420. The molecule has 2 N–H and O–H groups in total. The minimum atomic E-state index is -0.815. The first-order valence-corrected chi connectivity index (χ1v) is 16.9. The van der Waals surface area contributed by atoms with Gasteiger partial charge in [-0.05, 0) is 55.2 Å². The van der Waals surface area contributed by atoms with E-state index in [1.165, 1.54) is 5.01 Å². The highest BCUT2D eigenvalue weighted by Gasteiger charge is 2.37. The van der Waals surface area contributed by atoms with Crippen LogP contribution in [0, 0.1) is 23.7 Å². The van der Waals surface area contributed by atoms with Gasteiger partial charge in [-0.1, -0.05) is 82.3 Å². The van der Waals surface area contributed by atoms with E-state index < -0.39 is 47.7 Å². The molecule has 2 heterocycles. The summed E-state index contributed by atoms with van der Waals surface area (Å²) in [4.78, 5) is 73.7. The van der Waals surface area contributed by atoms with Crippen molar-refractivity contribution in [1.82, 2.24) is 20.8 Å². The Morgan fingerprint density at radius 2 is 1.58 bits per heavy atom. The normalized spacial score (nSPS) is 17.5. The van der Waals surface area contributed by atoms with Crippen LogP contribution in [0.4, 0.5) is 0 Å². The van der Waals surface area contributed by atoms with Gasteiger partial charge in [0.1, 0.15) is 0 Å². The number of hydroxylamine groups is 1. The van der Waals surface area contributed by atoms with E-state index >= 15 is 0 Å². The highest BCUT2D eigenvalue weighted by atomic mass is 16.8. The molecule has 11 nitrogen and oxygen atoms in total. The molecule has 2 aromatic carbocycles. The fourth-order valence-corrected chi connectivity index (χ4v) is 5.91. The van der Waals surface area contributed by atoms with Gasteiger partial charge in [-0.2, -0.15) is 0 Å². The molecule has 0 aromatic heterocycles. The van der Waals surface area contributed by atoms with Crippen molar-refractivity contribution in [3.63, 3.8) is 0 Å². The van der Waals surface area contributed by atoms with Crippen LogP contribution in [0.15, 0.2) is 60.7 Å². The molecular formula is C37H48N4O7. The summed E-state index contributed by atoms with van der Waals surface area (Å²) >= 11 is 0. The van der Waals surface area contributed by atoms with Crippen molar-refractivity contribution in [1.29, 1.82) is 0 Å². The summed E-state index contributed by atoms with van der Waals surface area (Å²) in [6.45, 7) is 8.40. The van der Waals surface area contributed by atoms with Gasteiger partial charge in [0.15, 0.2) is 6.29 Å². The predicted molar refractivity (Wildman–Crippen MR) is 180 cm³/mol. The van der Waals surface area contributed by atoms with Gasteiger partial charge in [0.05, 0.1) is 23.0 Å². The van der Waals surface area contributed by atoms with E-state index in [-0.39, 0.29) is 37.8 Å². The number of carbonyl (C=O) groups is 5. The van der Waals surface area contributed by atoms with Crippen LogP contribution in [-0.2, 0) is 24.0 Å². The molecule has 0 bridgehead atoms. The van der Waals surface area contributed by atoms with Crippen LogP contribution in [-0.4, -0.2) is 65.4 Å². The van der Waals surface area contributed by atoms with E-state index in [2.05, 4.69) is 10.9 Å². The van der Waals surface area contributed by atoms with Crippen LogP contribution in [0.3, 0.4) is 0 Å². The maximum absolute atomic E-state index is 14.1. The molecule has 2 aliphatic rings. The number of fused-ring (bicyclic) bond motifs is 1. The van der Waals surface area contributed by atoms with Crippen LogP contribution < -0.4 is 10.9 Å². The number of benzene rings is 2. The van der Waals surface area contributed by atoms with Crippen molar-refractivity contribution < 1.29 is 33.5 Å². The number of amides is 5. The van der Waals surface area contributed by atoms with Crippen LogP contribution in [0.25, 0.3) is 6.08 Å². The number of ether oxygens (including phenoxy) is 1. The fraction of sp³-hybridized carbons (Fsp3) is 0.486. The van der Waals surface area contributed by atoms with Crippen LogP contribution in [0.2, 0.25) is 0 Å². The second kappa shape index (κ2) is 17.7. The van der Waals surface area contributed by atoms with E-state index in [1.54, 1.807) is 24.3 Å². The van der Waals surface area contributed by atoms with Crippen molar-refractivity contribution in [2.45, 2.75) is 72.5 Å². The average molecular weight is 661 g/mol. The summed E-state index contributed by atoms with van der Waals surface area (Å²) in [5.41, 5.74) is 6.94. The largest absolute Gasteiger partial charge is 0.350 e. The van der Waals surface area contributed by atoms with Crippen molar-refractivity contribution in [3.05, 3.63) is 77.4 Å². The van der Waals surface area contributed by atoms with E-state index in [9.17, 15) is 24.0 Å². The van der Waals surface area contributed by atoms with E-state index in [0.29, 0.717) is 30.6 Å². The summed E-state index contributed by atoms with van der Waals surface area (Å²) in [5.74, 6) is -3.83. The minimum absolute atomic E-state index is 0.00565. The first kappa shape index (κ1) is 36.5. The Morgan fingerprint density at radius 3 is 2.19 bits per heavy atom. The first-order valence-electron chi connectivity index (χ1n) is 16.9. The molecule has 1 saturated heterocycles. The Balaban J connectivity index is 1.50.